The lowest BCUT2D eigenvalue weighted by Gasteiger charge is -2.30. The fourth-order valence-electron chi connectivity index (χ4n) is 4.66. The van der Waals surface area contributed by atoms with Gasteiger partial charge in [0.05, 0.1) is 0 Å². The first-order valence-electron chi connectivity index (χ1n) is 11.3. The van der Waals surface area contributed by atoms with Gasteiger partial charge in [0, 0.05) is 42.0 Å². The molecule has 12 heteroatoms. The fourth-order valence-corrected chi connectivity index (χ4v) is 4.66. The molecule has 0 aromatic carbocycles. The van der Waals surface area contributed by atoms with Crippen LogP contribution >= 0.6 is 0 Å². The summed E-state index contributed by atoms with van der Waals surface area (Å²) in [7, 11) is 0. The van der Waals surface area contributed by atoms with Gasteiger partial charge in [0.2, 0.25) is 12.1 Å². The summed E-state index contributed by atoms with van der Waals surface area (Å²) in [6.45, 7) is 0. The molecule has 0 N–H and O–H groups in total. The van der Waals surface area contributed by atoms with E-state index in [0.717, 1.165) is 0 Å². The van der Waals surface area contributed by atoms with Crippen molar-refractivity contribution in [2.45, 2.75) is 114 Å². The van der Waals surface area contributed by atoms with E-state index in [1.54, 1.807) is 0 Å². The summed E-state index contributed by atoms with van der Waals surface area (Å²) in [6.07, 6.45) is 2.30. The molecule has 0 saturated heterocycles. The molecule has 0 spiro atoms. The zero-order valence-corrected chi connectivity index (χ0v) is 17.9. The van der Waals surface area contributed by atoms with Gasteiger partial charge in [-0.2, -0.15) is 0 Å². The standard InChI is InChI=1S/C20H30N2O10/c23-19(29-15-8-4-13(5-9-15)21(25)26)31-17-2-1-3-18(12-17)32-20(24)30-16-10-6-14(7-11-16)22(27)28/h13-18H,1-12H2. The van der Waals surface area contributed by atoms with Crippen molar-refractivity contribution >= 4 is 12.3 Å². The van der Waals surface area contributed by atoms with Gasteiger partial charge in [0.15, 0.2) is 0 Å². The number of hydrogen-bond donors (Lipinski definition) is 0. The topological polar surface area (TPSA) is 157 Å². The number of carbonyl (C=O) groups is 2. The molecule has 2 atom stereocenters. The first kappa shape index (κ1) is 24.0. The third-order valence-electron chi connectivity index (χ3n) is 6.51. The first-order chi connectivity index (χ1) is 15.3. The summed E-state index contributed by atoms with van der Waals surface area (Å²) in [6, 6.07) is -1.16. The van der Waals surface area contributed by atoms with E-state index in [0.29, 0.717) is 77.0 Å². The predicted octanol–water partition coefficient (Wildman–Crippen LogP) is 3.78. The lowest BCUT2D eigenvalue weighted by atomic mass is 9.93. The third-order valence-corrected chi connectivity index (χ3v) is 6.51. The highest BCUT2D eigenvalue weighted by atomic mass is 16.7. The van der Waals surface area contributed by atoms with Crippen molar-refractivity contribution in [3.63, 3.8) is 0 Å². The van der Waals surface area contributed by atoms with Crippen molar-refractivity contribution in [2.24, 2.45) is 0 Å². The smallest absolute Gasteiger partial charge is 0.431 e. The molecule has 3 saturated carbocycles. The Bertz CT molecular complexity index is 630. The maximum Gasteiger partial charge on any atom is 0.508 e. The number of carbonyl (C=O) groups excluding carboxylic acids is 2. The monoisotopic (exact) mass is 458 g/mol. The van der Waals surface area contributed by atoms with Crippen molar-refractivity contribution in [2.75, 3.05) is 0 Å². The lowest BCUT2D eigenvalue weighted by molar-refractivity contribution is -0.527. The van der Waals surface area contributed by atoms with Crippen LogP contribution in [0.15, 0.2) is 0 Å². The van der Waals surface area contributed by atoms with Gasteiger partial charge in [0.25, 0.3) is 0 Å². The second-order valence-electron chi connectivity index (χ2n) is 8.81. The minimum absolute atomic E-state index is 0.292. The summed E-state index contributed by atoms with van der Waals surface area (Å²) >= 11 is 0. The molecule has 3 aliphatic carbocycles. The van der Waals surface area contributed by atoms with Crippen molar-refractivity contribution in [3.05, 3.63) is 20.2 Å². The van der Waals surface area contributed by atoms with Crippen LogP contribution in [0.3, 0.4) is 0 Å². The zero-order chi connectivity index (χ0) is 23.1. The molecular weight excluding hydrogens is 428 g/mol. The Hall–Kier alpha value is -2.66. The average molecular weight is 458 g/mol. The van der Waals surface area contributed by atoms with E-state index >= 15 is 0 Å². The Kier molecular flexibility index (Phi) is 8.46. The summed E-state index contributed by atoms with van der Waals surface area (Å²) in [5.74, 6) is 0. The van der Waals surface area contributed by atoms with Gasteiger partial charge in [-0.25, -0.2) is 9.59 Å². The van der Waals surface area contributed by atoms with E-state index in [1.165, 1.54) is 0 Å². The molecule has 32 heavy (non-hydrogen) atoms. The second-order valence-corrected chi connectivity index (χ2v) is 8.81. The molecular formula is C20H30N2O10. The van der Waals surface area contributed by atoms with E-state index < -0.39 is 36.6 Å². The third kappa shape index (κ3) is 7.20. The van der Waals surface area contributed by atoms with Crippen molar-refractivity contribution in [3.8, 4) is 0 Å². The quantitative estimate of drug-likeness (QED) is 0.326. The number of nitro groups is 2. The Morgan fingerprint density at radius 3 is 1.25 bits per heavy atom. The minimum Gasteiger partial charge on any atom is -0.431 e. The number of rotatable bonds is 6. The van der Waals surface area contributed by atoms with E-state index in [2.05, 4.69) is 0 Å². The molecule has 0 bridgehead atoms. The molecule has 3 rings (SSSR count). The minimum atomic E-state index is -0.801. The van der Waals surface area contributed by atoms with Gasteiger partial charge >= 0.3 is 12.3 Å². The Morgan fingerprint density at radius 1 is 0.562 bits per heavy atom. The van der Waals surface area contributed by atoms with Gasteiger partial charge in [-0.1, -0.05) is 0 Å². The van der Waals surface area contributed by atoms with E-state index in [-0.39, 0.29) is 22.1 Å². The van der Waals surface area contributed by atoms with Crippen LogP contribution in [0.4, 0.5) is 9.59 Å². The zero-order valence-electron chi connectivity index (χ0n) is 17.9. The molecule has 0 aliphatic heterocycles. The lowest BCUT2D eigenvalue weighted by Crippen LogP contribution is -2.35. The van der Waals surface area contributed by atoms with Gasteiger partial charge in [-0.3, -0.25) is 20.2 Å². The molecule has 0 heterocycles. The summed E-state index contributed by atoms with van der Waals surface area (Å²) in [5, 5.41) is 21.6. The van der Waals surface area contributed by atoms with Crippen molar-refractivity contribution < 1.29 is 38.4 Å². The highest BCUT2D eigenvalue weighted by Gasteiger charge is 2.34. The molecule has 180 valence electrons. The van der Waals surface area contributed by atoms with Crippen LogP contribution in [0.25, 0.3) is 0 Å². The largest absolute Gasteiger partial charge is 0.508 e. The van der Waals surface area contributed by atoms with Gasteiger partial charge in [0.1, 0.15) is 24.4 Å². The maximum atomic E-state index is 12.1. The molecule has 0 amide bonds. The van der Waals surface area contributed by atoms with Crippen LogP contribution in [0.1, 0.15) is 77.0 Å². The first-order valence-corrected chi connectivity index (χ1v) is 11.3. The SMILES string of the molecule is O=C(OC1CCC([N+](=O)[O-])CC1)OC1CCCC(OC(=O)OC2CCC([N+](=O)[O-])CC2)C1. The van der Waals surface area contributed by atoms with Gasteiger partial charge in [-0.15, -0.1) is 0 Å². The predicted molar refractivity (Wildman–Crippen MR) is 107 cm³/mol. The van der Waals surface area contributed by atoms with Crippen LogP contribution in [0, 0.1) is 20.2 Å². The molecule has 0 aromatic heterocycles. The molecule has 3 fully saturated rings. The Labute approximate surface area is 185 Å². The van der Waals surface area contributed by atoms with E-state index in [9.17, 15) is 29.8 Å². The molecule has 0 aromatic rings. The molecule has 0 radical (unpaired) electrons. The molecule has 12 nitrogen and oxygen atoms in total. The number of hydrogen-bond acceptors (Lipinski definition) is 10. The van der Waals surface area contributed by atoms with Crippen LogP contribution < -0.4 is 0 Å². The molecule has 2 unspecified atom stereocenters. The van der Waals surface area contributed by atoms with Gasteiger partial charge in [-0.05, 0) is 44.9 Å². The molecule has 3 aliphatic rings. The highest BCUT2D eigenvalue weighted by molar-refractivity contribution is 5.61. The van der Waals surface area contributed by atoms with Crippen LogP contribution in [0.5, 0.6) is 0 Å². The highest BCUT2D eigenvalue weighted by Crippen LogP contribution is 2.28. The van der Waals surface area contributed by atoms with Crippen molar-refractivity contribution in [1.29, 1.82) is 0 Å². The Morgan fingerprint density at radius 2 is 0.906 bits per heavy atom. The van der Waals surface area contributed by atoms with Crippen LogP contribution in [0.2, 0.25) is 0 Å². The second kappa shape index (κ2) is 11.3. The number of nitrogens with zero attached hydrogens (tertiary/aromatic N) is 2. The van der Waals surface area contributed by atoms with Crippen LogP contribution in [-0.2, 0) is 18.9 Å². The fraction of sp³-hybridized carbons (Fsp3) is 0.900. The van der Waals surface area contributed by atoms with E-state index in [1.807, 2.05) is 0 Å². The van der Waals surface area contributed by atoms with E-state index in [4.69, 9.17) is 18.9 Å². The summed E-state index contributed by atoms with van der Waals surface area (Å²) < 4.78 is 21.3. The summed E-state index contributed by atoms with van der Waals surface area (Å²) in [4.78, 5) is 45.2. The summed E-state index contributed by atoms with van der Waals surface area (Å²) in [5.41, 5.74) is 0. The van der Waals surface area contributed by atoms with Gasteiger partial charge < -0.3 is 18.9 Å². The average Bonchev–Trinajstić information content (AvgIpc) is 2.74. The normalized spacial score (nSPS) is 32.9. The maximum absolute atomic E-state index is 12.1. The Balaban J connectivity index is 1.34. The number of ether oxygens (including phenoxy) is 4. The van der Waals surface area contributed by atoms with Crippen LogP contribution in [-0.4, -0.2) is 58.7 Å². The van der Waals surface area contributed by atoms with Crippen molar-refractivity contribution in [1.82, 2.24) is 0 Å².